The maximum atomic E-state index is 9.56. The van der Waals surface area contributed by atoms with Gasteiger partial charge in [0.05, 0.1) is 21.9 Å². The molecule has 0 bridgehead atoms. The van der Waals surface area contributed by atoms with Crippen molar-refractivity contribution in [1.29, 1.82) is 0 Å². The summed E-state index contributed by atoms with van der Waals surface area (Å²) in [5.74, 6) is 0. The Morgan fingerprint density at radius 1 is 0.353 bits per heavy atom. The third-order valence-electron chi connectivity index (χ3n) is 9.12. The maximum absolute atomic E-state index is 9.56. The molecule has 0 aliphatic heterocycles. The fourth-order valence-corrected chi connectivity index (χ4v) is 6.95. The second-order valence-electron chi connectivity index (χ2n) is 12.0. The Labute approximate surface area is 319 Å². The van der Waals surface area contributed by atoms with E-state index < -0.39 is 95.7 Å². The first kappa shape index (κ1) is 17.3. The van der Waals surface area contributed by atoms with Crippen molar-refractivity contribution in [2.24, 2.45) is 0 Å². The van der Waals surface area contributed by atoms with Gasteiger partial charge in [-0.1, -0.05) is 157 Å². The Balaban J connectivity index is 1.34. The molecule has 0 fully saturated rings. The Morgan fingerprint density at radius 3 is 1.55 bits per heavy atom. The van der Waals surface area contributed by atoms with Crippen molar-refractivity contribution in [2.75, 3.05) is 0 Å². The molecule has 1 aromatic heterocycles. The summed E-state index contributed by atoms with van der Waals surface area (Å²) < 4.78 is 147. The van der Waals surface area contributed by atoms with Crippen molar-refractivity contribution in [2.45, 2.75) is 0 Å². The highest BCUT2D eigenvalue weighted by Gasteiger charge is 2.21. The monoisotopic (exact) mass is 664 g/mol. The van der Waals surface area contributed by atoms with E-state index in [1.807, 2.05) is 72.8 Å². The molecule has 1 heteroatoms. The minimum absolute atomic E-state index is 0.0122. The van der Waals surface area contributed by atoms with Crippen molar-refractivity contribution < 1.29 is 26.3 Å². The van der Waals surface area contributed by atoms with Crippen LogP contribution < -0.4 is 0 Å². The van der Waals surface area contributed by atoms with Gasteiger partial charge in [0.1, 0.15) is 11.2 Å². The first-order chi connectivity index (χ1) is 32.0. The summed E-state index contributed by atoms with van der Waals surface area (Å²) in [4.78, 5) is 0. The molecule has 51 heavy (non-hydrogen) atoms. The summed E-state index contributed by atoms with van der Waals surface area (Å²) in [5, 5.41) is 2.30. The van der Waals surface area contributed by atoms with E-state index in [1.165, 1.54) is 0 Å². The number of fused-ring (bicyclic) bond motifs is 5. The van der Waals surface area contributed by atoms with Crippen LogP contribution in [0.25, 0.3) is 99.1 Å². The second-order valence-corrected chi connectivity index (χ2v) is 12.0. The van der Waals surface area contributed by atoms with Crippen LogP contribution in [-0.2, 0) is 0 Å². The molecule has 0 unspecified atom stereocenters. The highest BCUT2D eigenvalue weighted by Crippen LogP contribution is 2.48. The largest absolute Gasteiger partial charge is 0.456 e. The third-order valence-corrected chi connectivity index (χ3v) is 9.12. The lowest BCUT2D eigenvalue weighted by Crippen LogP contribution is -1.92. The molecule has 0 aliphatic rings. The van der Waals surface area contributed by atoms with E-state index in [2.05, 4.69) is 0 Å². The Bertz CT molecular complexity index is 3710. The summed E-state index contributed by atoms with van der Waals surface area (Å²) in [7, 11) is 0. The minimum Gasteiger partial charge on any atom is -0.456 e. The summed E-state index contributed by atoms with van der Waals surface area (Å²) in [6.07, 6.45) is 0. The van der Waals surface area contributed by atoms with E-state index >= 15 is 0 Å². The van der Waals surface area contributed by atoms with E-state index in [0.717, 1.165) is 5.56 Å². The zero-order chi connectivity index (χ0) is 47.7. The van der Waals surface area contributed by atoms with Gasteiger partial charge in [0.2, 0.25) is 0 Å². The van der Waals surface area contributed by atoms with Crippen molar-refractivity contribution in [3.63, 3.8) is 0 Å². The zero-order valence-electron chi connectivity index (χ0n) is 42.6. The topological polar surface area (TPSA) is 13.1 Å². The van der Waals surface area contributed by atoms with Crippen molar-refractivity contribution >= 4 is 43.5 Å². The summed E-state index contributed by atoms with van der Waals surface area (Å²) >= 11 is 0. The van der Waals surface area contributed by atoms with Crippen LogP contribution in [0.15, 0.2) is 198 Å². The van der Waals surface area contributed by atoms with E-state index in [9.17, 15) is 5.48 Å². The molecule has 0 amide bonds. The molecule has 0 N–H and O–H groups in total. The number of benzene rings is 9. The molecule has 1 heterocycles. The molecular weight excluding hydrogens is 617 g/mol. The van der Waals surface area contributed by atoms with Gasteiger partial charge < -0.3 is 4.42 Å². The Morgan fingerprint density at radius 2 is 0.902 bits per heavy atom. The van der Waals surface area contributed by atoms with Crippen LogP contribution in [0, 0.1) is 0 Å². The van der Waals surface area contributed by atoms with Crippen LogP contribution in [0.1, 0.15) is 21.9 Å². The molecule has 9 aromatic carbocycles. The standard InChI is InChI=1S/C50H32O/c1-4-15-33(16-5-1)36-27-28-44-47(32-36)51-46-26-14-25-45(50(44)46)49-42-23-12-10-21-40(42)48(41-22-11-13-24-43(41)49)39-30-37(34-17-6-2-7-18-34)29-38(31-39)35-19-8-3-9-20-35/h1-32H/i1D,2D,4D,5D,6D,7D,14D,15D,16D,17D,18D,25D,26D,27D,28D,32D. The average molecular weight is 665 g/mol. The predicted molar refractivity (Wildman–Crippen MR) is 216 cm³/mol. The van der Waals surface area contributed by atoms with Gasteiger partial charge in [-0.15, -0.1) is 0 Å². The zero-order valence-corrected chi connectivity index (χ0v) is 26.6. The molecule has 0 aliphatic carbocycles. The summed E-state index contributed by atoms with van der Waals surface area (Å²) in [5.41, 5.74) is 2.21. The molecule has 1 nitrogen and oxygen atoms in total. The molecule has 0 radical (unpaired) electrons. The van der Waals surface area contributed by atoms with Crippen molar-refractivity contribution in [3.05, 3.63) is 194 Å². The quantitative estimate of drug-likeness (QED) is 0.167. The first-order valence-electron chi connectivity index (χ1n) is 24.2. The van der Waals surface area contributed by atoms with Crippen LogP contribution in [0.4, 0.5) is 0 Å². The average Bonchev–Trinajstić information content (AvgIpc) is 3.74. The van der Waals surface area contributed by atoms with Gasteiger partial charge in [-0.2, -0.15) is 0 Å². The normalized spacial score (nSPS) is 15.9. The van der Waals surface area contributed by atoms with E-state index in [-0.39, 0.29) is 45.2 Å². The van der Waals surface area contributed by atoms with Crippen LogP contribution in [0.3, 0.4) is 0 Å². The molecule has 0 saturated carbocycles. The number of rotatable bonds is 5. The van der Waals surface area contributed by atoms with Crippen LogP contribution in [0.5, 0.6) is 0 Å². The van der Waals surface area contributed by atoms with Gasteiger partial charge in [0.15, 0.2) is 0 Å². The SMILES string of the molecule is [2H]c1c([2H])c([2H])c(-c2cc(-c3ccccc3)cc(-c3c4ccccc4c(-c4c([2H])c([2H])c([2H])c5oc6c([2H])c(-c7c([2H])c([2H])c([2H])c([2H])c7[2H])c([2H])c([2H])c6c45)c4ccccc34)c2)c([2H])c1[2H]. The summed E-state index contributed by atoms with van der Waals surface area (Å²) in [6.45, 7) is 0. The lowest BCUT2D eigenvalue weighted by Gasteiger charge is -2.19. The van der Waals surface area contributed by atoms with Crippen molar-refractivity contribution in [3.8, 4) is 55.6 Å². The molecule has 10 rings (SSSR count). The summed E-state index contributed by atoms with van der Waals surface area (Å²) in [6, 6.07) is 20.8. The highest BCUT2D eigenvalue weighted by molar-refractivity contribution is 6.25. The lowest BCUT2D eigenvalue weighted by molar-refractivity contribution is 0.669. The number of hydrogen-bond donors (Lipinski definition) is 0. The molecule has 0 atom stereocenters. The van der Waals surface area contributed by atoms with Crippen LogP contribution in [0.2, 0.25) is 0 Å². The third kappa shape index (κ3) is 4.94. The van der Waals surface area contributed by atoms with Crippen molar-refractivity contribution in [1.82, 2.24) is 0 Å². The Hall–Kier alpha value is -6.70. The fourth-order valence-electron chi connectivity index (χ4n) is 6.95. The fraction of sp³-hybridized carbons (Fsp3) is 0. The first-order valence-corrected chi connectivity index (χ1v) is 16.2. The molecule has 10 aromatic rings. The van der Waals surface area contributed by atoms with E-state index in [4.69, 9.17) is 20.9 Å². The molecule has 0 saturated heterocycles. The molecular formula is C50H32O. The van der Waals surface area contributed by atoms with Gasteiger partial charge in [-0.25, -0.2) is 0 Å². The van der Waals surface area contributed by atoms with Gasteiger partial charge in [0, 0.05) is 10.8 Å². The van der Waals surface area contributed by atoms with Gasteiger partial charge in [-0.3, -0.25) is 0 Å². The minimum atomic E-state index is -0.696. The van der Waals surface area contributed by atoms with Gasteiger partial charge >= 0.3 is 0 Å². The lowest BCUT2D eigenvalue weighted by atomic mass is 9.83. The Kier molecular flexibility index (Phi) is 4.07. The number of furan rings is 1. The number of hydrogen-bond acceptors (Lipinski definition) is 1. The van der Waals surface area contributed by atoms with E-state index in [1.54, 1.807) is 24.3 Å². The smallest absolute Gasteiger partial charge is 0.136 e. The second kappa shape index (κ2) is 12.0. The molecule has 0 spiro atoms. The predicted octanol–water partition coefficient (Wildman–Crippen LogP) is 14.2. The molecule has 238 valence electrons. The van der Waals surface area contributed by atoms with Crippen LogP contribution >= 0.6 is 0 Å². The maximum Gasteiger partial charge on any atom is 0.136 e. The van der Waals surface area contributed by atoms with Crippen LogP contribution in [-0.4, -0.2) is 0 Å². The van der Waals surface area contributed by atoms with Gasteiger partial charge in [0.25, 0.3) is 0 Å². The highest BCUT2D eigenvalue weighted by atomic mass is 16.3. The van der Waals surface area contributed by atoms with Gasteiger partial charge in [-0.05, 0) is 114 Å². The van der Waals surface area contributed by atoms with E-state index in [0.29, 0.717) is 49.4 Å².